The van der Waals surface area contributed by atoms with Crippen LogP contribution in [0.4, 0.5) is 0 Å². The molecule has 1 aliphatic heterocycles. The van der Waals surface area contributed by atoms with Gasteiger partial charge in [-0.2, -0.15) is 9.90 Å². The van der Waals surface area contributed by atoms with Crippen molar-refractivity contribution in [3.8, 4) is 5.69 Å². The number of benzene rings is 1. The first-order chi connectivity index (χ1) is 12.1. The Labute approximate surface area is 146 Å². The molecule has 1 aromatic carbocycles. The van der Waals surface area contributed by atoms with Gasteiger partial charge in [0, 0.05) is 12.6 Å². The predicted octanol–water partition coefficient (Wildman–Crippen LogP) is 2.13. The quantitative estimate of drug-likeness (QED) is 0.796. The molecular formula is C18H22N4O3. The summed E-state index contributed by atoms with van der Waals surface area (Å²) in [4.78, 5) is 27.7. The summed E-state index contributed by atoms with van der Waals surface area (Å²) >= 11 is 0. The molecule has 1 amide bonds. The van der Waals surface area contributed by atoms with E-state index in [9.17, 15) is 9.59 Å². The highest BCUT2D eigenvalue weighted by molar-refractivity contribution is 5.90. The molecule has 1 fully saturated rings. The van der Waals surface area contributed by atoms with Gasteiger partial charge in [-0.15, -0.1) is 5.10 Å². The molecule has 132 valence electrons. The van der Waals surface area contributed by atoms with Crippen LogP contribution in [-0.4, -0.2) is 51.0 Å². The number of rotatable bonds is 4. The second-order valence-electron chi connectivity index (χ2n) is 6.27. The fourth-order valence-corrected chi connectivity index (χ4v) is 2.99. The third kappa shape index (κ3) is 3.87. The van der Waals surface area contributed by atoms with Crippen LogP contribution in [0, 0.1) is 6.92 Å². The summed E-state index contributed by atoms with van der Waals surface area (Å²) < 4.78 is 5.18. The number of likely N-dealkylation sites (tertiary alicyclic amines) is 1. The fourth-order valence-electron chi connectivity index (χ4n) is 2.99. The number of aromatic nitrogens is 3. The van der Waals surface area contributed by atoms with Crippen LogP contribution in [-0.2, 0) is 9.53 Å². The van der Waals surface area contributed by atoms with Crippen molar-refractivity contribution in [1.82, 2.24) is 19.9 Å². The van der Waals surface area contributed by atoms with Crippen molar-refractivity contribution in [3.05, 3.63) is 41.7 Å². The minimum absolute atomic E-state index is 0.128. The number of hydrogen-bond acceptors (Lipinski definition) is 5. The lowest BCUT2D eigenvalue weighted by Gasteiger charge is -2.33. The second kappa shape index (κ2) is 7.46. The zero-order valence-electron chi connectivity index (χ0n) is 14.5. The first kappa shape index (κ1) is 17.1. The highest BCUT2D eigenvalue weighted by atomic mass is 16.5. The predicted molar refractivity (Wildman–Crippen MR) is 91.4 cm³/mol. The lowest BCUT2D eigenvalue weighted by atomic mass is 10.0. The molecule has 0 spiro atoms. The van der Waals surface area contributed by atoms with Crippen molar-refractivity contribution < 1.29 is 14.3 Å². The molecular weight excluding hydrogens is 320 g/mol. The van der Waals surface area contributed by atoms with Gasteiger partial charge < -0.3 is 9.64 Å². The Morgan fingerprint density at radius 2 is 1.96 bits per heavy atom. The number of carbonyl (C=O) groups excluding carboxylic acids is 2. The first-order valence-corrected chi connectivity index (χ1v) is 8.52. The van der Waals surface area contributed by atoms with Crippen LogP contribution in [0.3, 0.4) is 0 Å². The van der Waals surface area contributed by atoms with E-state index in [4.69, 9.17) is 4.74 Å². The van der Waals surface area contributed by atoms with Gasteiger partial charge in [-0.3, -0.25) is 4.79 Å². The molecule has 2 heterocycles. The highest BCUT2D eigenvalue weighted by Crippen LogP contribution is 2.16. The van der Waals surface area contributed by atoms with Crippen molar-refractivity contribution in [2.75, 3.05) is 13.2 Å². The zero-order valence-corrected chi connectivity index (χ0v) is 14.5. The van der Waals surface area contributed by atoms with Gasteiger partial charge in [0.15, 0.2) is 12.3 Å². The number of aryl methyl sites for hydroxylation is 1. The monoisotopic (exact) mass is 342 g/mol. The molecule has 0 saturated carbocycles. The average molecular weight is 342 g/mol. The van der Waals surface area contributed by atoms with Crippen LogP contribution in [0.2, 0.25) is 0 Å². The van der Waals surface area contributed by atoms with Crippen LogP contribution in [0.5, 0.6) is 0 Å². The van der Waals surface area contributed by atoms with E-state index < -0.39 is 5.97 Å². The van der Waals surface area contributed by atoms with E-state index in [1.54, 1.807) is 11.8 Å². The third-order valence-corrected chi connectivity index (χ3v) is 4.41. The summed E-state index contributed by atoms with van der Waals surface area (Å²) in [5, 5.41) is 8.43. The largest absolute Gasteiger partial charge is 0.451 e. The van der Waals surface area contributed by atoms with Crippen molar-refractivity contribution in [2.45, 2.75) is 39.2 Å². The van der Waals surface area contributed by atoms with Crippen LogP contribution >= 0.6 is 0 Å². The van der Waals surface area contributed by atoms with Crippen molar-refractivity contribution in [2.24, 2.45) is 0 Å². The van der Waals surface area contributed by atoms with Crippen molar-refractivity contribution in [1.29, 1.82) is 0 Å². The second-order valence-corrected chi connectivity index (χ2v) is 6.27. The number of para-hydroxylation sites is 1. The summed E-state index contributed by atoms with van der Waals surface area (Å²) in [5.74, 6) is -0.786. The van der Waals surface area contributed by atoms with Crippen LogP contribution in [0.15, 0.2) is 30.3 Å². The Morgan fingerprint density at radius 3 is 2.68 bits per heavy atom. The minimum atomic E-state index is -0.627. The average Bonchev–Trinajstić information content (AvgIpc) is 3.02. The van der Waals surface area contributed by atoms with Gasteiger partial charge in [0.25, 0.3) is 5.91 Å². The molecule has 0 unspecified atom stereocenters. The van der Waals surface area contributed by atoms with Gasteiger partial charge in [0.2, 0.25) is 0 Å². The molecule has 25 heavy (non-hydrogen) atoms. The minimum Gasteiger partial charge on any atom is -0.451 e. The maximum atomic E-state index is 12.3. The summed E-state index contributed by atoms with van der Waals surface area (Å²) in [5.41, 5.74) is 1.35. The molecule has 2 aromatic rings. The Hall–Kier alpha value is -2.70. The lowest BCUT2D eigenvalue weighted by Crippen LogP contribution is -2.44. The number of carbonyl (C=O) groups is 2. The fraction of sp³-hybridized carbons (Fsp3) is 0.444. The topological polar surface area (TPSA) is 77.3 Å². The molecule has 1 aromatic heterocycles. The molecule has 0 radical (unpaired) electrons. The summed E-state index contributed by atoms with van der Waals surface area (Å²) in [6.07, 6.45) is 3.12. The van der Waals surface area contributed by atoms with E-state index in [0.29, 0.717) is 5.69 Å². The Morgan fingerprint density at radius 1 is 1.20 bits per heavy atom. The van der Waals surface area contributed by atoms with Gasteiger partial charge in [0.05, 0.1) is 11.4 Å². The van der Waals surface area contributed by atoms with E-state index in [2.05, 4.69) is 10.2 Å². The molecule has 7 nitrogen and oxygen atoms in total. The van der Waals surface area contributed by atoms with E-state index in [0.717, 1.165) is 31.5 Å². The van der Waals surface area contributed by atoms with Gasteiger partial charge in [-0.05, 0) is 45.2 Å². The van der Waals surface area contributed by atoms with Crippen LogP contribution < -0.4 is 0 Å². The van der Waals surface area contributed by atoms with Crippen molar-refractivity contribution in [3.63, 3.8) is 0 Å². The zero-order chi connectivity index (χ0) is 17.8. The number of amides is 1. The molecule has 0 aliphatic carbocycles. The van der Waals surface area contributed by atoms with E-state index in [1.165, 1.54) is 4.80 Å². The third-order valence-electron chi connectivity index (χ3n) is 4.41. The van der Waals surface area contributed by atoms with Gasteiger partial charge in [-0.25, -0.2) is 4.79 Å². The number of hydrogen-bond donors (Lipinski definition) is 0. The van der Waals surface area contributed by atoms with E-state index in [-0.39, 0.29) is 24.2 Å². The van der Waals surface area contributed by atoms with Crippen LogP contribution in [0.25, 0.3) is 5.69 Å². The van der Waals surface area contributed by atoms with Crippen LogP contribution in [0.1, 0.15) is 42.4 Å². The summed E-state index contributed by atoms with van der Waals surface area (Å²) in [7, 11) is 0. The molecule has 7 heteroatoms. The van der Waals surface area contributed by atoms with Gasteiger partial charge in [-0.1, -0.05) is 18.2 Å². The SMILES string of the molecule is Cc1nn(-c2ccccc2)nc1C(=O)OCC(=O)N1CCCC[C@H]1C. The molecule has 0 N–H and O–H groups in total. The normalized spacial score (nSPS) is 17.4. The molecule has 0 bridgehead atoms. The lowest BCUT2D eigenvalue weighted by molar-refractivity contribution is -0.137. The standard InChI is InChI=1S/C18H22N4O3/c1-13-8-6-7-11-21(13)16(23)12-25-18(24)17-14(2)19-22(20-17)15-9-4-3-5-10-15/h3-5,9-10,13H,6-8,11-12H2,1-2H3/t13-/m1/s1. The Kier molecular flexibility index (Phi) is 5.11. The number of ether oxygens (including phenoxy) is 1. The number of nitrogens with zero attached hydrogens (tertiary/aromatic N) is 4. The Balaban J connectivity index is 1.64. The summed E-state index contributed by atoms with van der Waals surface area (Å²) in [6.45, 7) is 4.17. The smallest absolute Gasteiger partial charge is 0.361 e. The number of piperidine rings is 1. The molecule has 1 atom stereocenters. The molecule has 3 rings (SSSR count). The summed E-state index contributed by atoms with van der Waals surface area (Å²) in [6, 6.07) is 9.50. The van der Waals surface area contributed by atoms with Gasteiger partial charge in [0.1, 0.15) is 0 Å². The highest BCUT2D eigenvalue weighted by Gasteiger charge is 2.25. The van der Waals surface area contributed by atoms with E-state index in [1.807, 2.05) is 37.3 Å². The molecule has 1 saturated heterocycles. The van der Waals surface area contributed by atoms with Crippen molar-refractivity contribution >= 4 is 11.9 Å². The maximum Gasteiger partial charge on any atom is 0.361 e. The number of esters is 1. The Bertz CT molecular complexity index is 757. The van der Waals surface area contributed by atoms with E-state index >= 15 is 0 Å². The maximum absolute atomic E-state index is 12.3. The van der Waals surface area contributed by atoms with Gasteiger partial charge >= 0.3 is 5.97 Å². The first-order valence-electron chi connectivity index (χ1n) is 8.52. The molecule has 1 aliphatic rings.